The van der Waals surface area contributed by atoms with E-state index >= 15 is 0 Å². The number of carbonyl (C=O) groups excluding carboxylic acids is 1. The number of carboxylic acids is 1. The molecule has 0 bridgehead atoms. The summed E-state index contributed by atoms with van der Waals surface area (Å²) in [7, 11) is 0. The molecular weight excluding hydrogens is 294 g/mol. The summed E-state index contributed by atoms with van der Waals surface area (Å²) in [6.45, 7) is 0. The van der Waals surface area contributed by atoms with Crippen molar-refractivity contribution >= 4 is 29.2 Å². The number of hydrogen-bond acceptors (Lipinski definition) is 4. The van der Waals surface area contributed by atoms with Gasteiger partial charge in [-0.1, -0.05) is 11.6 Å². The van der Waals surface area contributed by atoms with Gasteiger partial charge in [0.1, 0.15) is 11.8 Å². The molecule has 2 N–H and O–H groups in total. The van der Waals surface area contributed by atoms with Gasteiger partial charge < -0.3 is 10.4 Å². The Kier molecular flexibility index (Phi) is 4.16. The zero-order chi connectivity index (χ0) is 15.4. The number of nitriles is 1. The average Bonchev–Trinajstić information content (AvgIpc) is 2.49. The van der Waals surface area contributed by atoms with Crippen LogP contribution in [-0.2, 0) is 0 Å². The van der Waals surface area contributed by atoms with Crippen LogP contribution >= 0.6 is 11.6 Å². The lowest BCUT2D eigenvalue weighted by atomic mass is 10.1. The molecule has 0 aliphatic carbocycles. The third kappa shape index (κ3) is 3.35. The molecule has 0 aliphatic heterocycles. The van der Waals surface area contributed by atoms with Crippen LogP contribution in [0.4, 0.5) is 5.69 Å². The molecule has 1 heterocycles. The summed E-state index contributed by atoms with van der Waals surface area (Å²) >= 11 is 5.73. The Morgan fingerprint density at radius 2 is 2.05 bits per heavy atom. The number of carboxylic acid groups (broad SMARTS) is 1. The highest BCUT2D eigenvalue weighted by Gasteiger charge is 2.14. The Morgan fingerprint density at radius 3 is 2.62 bits per heavy atom. The van der Waals surface area contributed by atoms with Crippen molar-refractivity contribution in [2.45, 2.75) is 0 Å². The second-order valence-electron chi connectivity index (χ2n) is 3.99. The normalized spacial score (nSPS) is 9.71. The number of aromatic carboxylic acids is 1. The van der Waals surface area contributed by atoms with Crippen LogP contribution in [0, 0.1) is 11.3 Å². The van der Waals surface area contributed by atoms with Crippen molar-refractivity contribution in [3.05, 3.63) is 58.4 Å². The maximum absolute atomic E-state index is 12.0. The Labute approximate surface area is 124 Å². The smallest absolute Gasteiger partial charge is 0.337 e. The van der Waals surface area contributed by atoms with E-state index < -0.39 is 11.9 Å². The highest BCUT2D eigenvalue weighted by molar-refractivity contribution is 6.31. The monoisotopic (exact) mass is 301 g/mol. The molecule has 6 nitrogen and oxygen atoms in total. The minimum Gasteiger partial charge on any atom is -0.478 e. The number of amides is 1. The number of hydrogen-bond donors (Lipinski definition) is 2. The van der Waals surface area contributed by atoms with E-state index in [1.165, 1.54) is 36.5 Å². The van der Waals surface area contributed by atoms with Crippen molar-refractivity contribution in [3.63, 3.8) is 0 Å². The van der Waals surface area contributed by atoms with Crippen molar-refractivity contribution in [3.8, 4) is 6.07 Å². The Bertz CT molecular complexity index is 751. The number of halogens is 1. The predicted octanol–water partition coefficient (Wildman–Crippen LogP) is 2.56. The molecule has 2 rings (SSSR count). The van der Waals surface area contributed by atoms with Gasteiger partial charge in [0.25, 0.3) is 5.91 Å². The predicted molar refractivity (Wildman–Crippen MR) is 75.3 cm³/mol. The van der Waals surface area contributed by atoms with Crippen molar-refractivity contribution < 1.29 is 14.7 Å². The van der Waals surface area contributed by atoms with Crippen molar-refractivity contribution in [2.75, 3.05) is 5.32 Å². The molecule has 104 valence electrons. The molecule has 0 unspecified atom stereocenters. The number of pyridine rings is 1. The maximum Gasteiger partial charge on any atom is 0.337 e. The molecule has 0 saturated heterocycles. The van der Waals surface area contributed by atoms with Gasteiger partial charge in [0.05, 0.1) is 16.8 Å². The average molecular weight is 302 g/mol. The Hall–Kier alpha value is -2.91. The first-order valence-electron chi connectivity index (χ1n) is 5.71. The van der Waals surface area contributed by atoms with Crippen LogP contribution in [0.15, 0.2) is 36.5 Å². The van der Waals surface area contributed by atoms with Gasteiger partial charge in [-0.3, -0.25) is 4.79 Å². The molecule has 1 aromatic carbocycles. The lowest BCUT2D eigenvalue weighted by Gasteiger charge is -2.08. The molecule has 0 fully saturated rings. The van der Waals surface area contributed by atoms with Crippen molar-refractivity contribution in [1.82, 2.24) is 4.98 Å². The standard InChI is InChI=1S/C14H8ClN3O3/c15-9-2-4-11(10(5-9)14(20)21)18-13(19)12-3-1-8(6-16)7-17-12/h1-5,7H,(H,18,19)(H,20,21). The summed E-state index contributed by atoms with van der Waals surface area (Å²) in [5.74, 6) is -1.79. The number of nitrogens with zero attached hydrogens (tertiary/aromatic N) is 2. The van der Waals surface area contributed by atoms with Crippen molar-refractivity contribution in [2.24, 2.45) is 0 Å². The van der Waals surface area contributed by atoms with E-state index in [1.807, 2.05) is 6.07 Å². The van der Waals surface area contributed by atoms with Crippen LogP contribution in [0.25, 0.3) is 0 Å². The number of aromatic nitrogens is 1. The van der Waals surface area contributed by atoms with E-state index in [4.69, 9.17) is 22.0 Å². The van der Waals surface area contributed by atoms with Gasteiger partial charge in [0.2, 0.25) is 0 Å². The molecule has 0 spiro atoms. The second kappa shape index (κ2) is 6.03. The summed E-state index contributed by atoms with van der Waals surface area (Å²) in [6, 6.07) is 8.82. The number of carbonyl (C=O) groups is 2. The molecular formula is C14H8ClN3O3. The molecule has 1 aromatic heterocycles. The third-order valence-electron chi connectivity index (χ3n) is 2.59. The topological polar surface area (TPSA) is 103 Å². The lowest BCUT2D eigenvalue weighted by Crippen LogP contribution is -2.16. The summed E-state index contributed by atoms with van der Waals surface area (Å²) < 4.78 is 0. The van der Waals surface area contributed by atoms with E-state index in [0.29, 0.717) is 5.56 Å². The van der Waals surface area contributed by atoms with Crippen LogP contribution < -0.4 is 5.32 Å². The van der Waals surface area contributed by atoms with E-state index in [1.54, 1.807) is 0 Å². The summed E-state index contributed by atoms with van der Waals surface area (Å²) in [6.07, 6.45) is 1.26. The Balaban J connectivity index is 2.27. The fraction of sp³-hybridized carbons (Fsp3) is 0. The quantitative estimate of drug-likeness (QED) is 0.906. The van der Waals surface area contributed by atoms with Gasteiger partial charge in [0, 0.05) is 11.2 Å². The summed E-state index contributed by atoms with van der Waals surface area (Å²) in [5.41, 5.74) is 0.386. The minimum atomic E-state index is -1.21. The molecule has 0 aliphatic rings. The van der Waals surface area contributed by atoms with Crippen LogP contribution in [-0.4, -0.2) is 22.0 Å². The Morgan fingerprint density at radius 1 is 1.29 bits per heavy atom. The van der Waals surface area contributed by atoms with E-state index in [2.05, 4.69) is 10.3 Å². The van der Waals surface area contributed by atoms with Gasteiger partial charge in [-0.05, 0) is 30.3 Å². The van der Waals surface area contributed by atoms with Gasteiger partial charge in [0.15, 0.2) is 0 Å². The van der Waals surface area contributed by atoms with Gasteiger partial charge in [-0.15, -0.1) is 0 Å². The van der Waals surface area contributed by atoms with Crippen LogP contribution in [0.1, 0.15) is 26.4 Å². The van der Waals surface area contributed by atoms with Gasteiger partial charge in [-0.2, -0.15) is 5.26 Å². The largest absolute Gasteiger partial charge is 0.478 e. The van der Waals surface area contributed by atoms with E-state index in [-0.39, 0.29) is 22.0 Å². The number of anilines is 1. The third-order valence-corrected chi connectivity index (χ3v) is 2.82. The highest BCUT2D eigenvalue weighted by atomic mass is 35.5. The number of nitrogens with one attached hydrogen (secondary N) is 1. The van der Waals surface area contributed by atoms with E-state index in [0.717, 1.165) is 0 Å². The molecule has 2 aromatic rings. The molecule has 1 amide bonds. The molecule has 0 saturated carbocycles. The first kappa shape index (κ1) is 14.5. The zero-order valence-corrected chi connectivity index (χ0v) is 11.3. The highest BCUT2D eigenvalue weighted by Crippen LogP contribution is 2.21. The fourth-order valence-corrected chi connectivity index (χ4v) is 1.76. The van der Waals surface area contributed by atoms with Gasteiger partial charge >= 0.3 is 5.97 Å². The SMILES string of the molecule is N#Cc1ccc(C(=O)Nc2ccc(Cl)cc2C(=O)O)nc1. The maximum atomic E-state index is 12.0. The molecule has 7 heteroatoms. The fourth-order valence-electron chi connectivity index (χ4n) is 1.58. The molecule has 0 atom stereocenters. The summed E-state index contributed by atoms with van der Waals surface area (Å²) in [4.78, 5) is 26.9. The minimum absolute atomic E-state index is 0.0697. The number of rotatable bonds is 3. The number of benzene rings is 1. The molecule has 21 heavy (non-hydrogen) atoms. The van der Waals surface area contributed by atoms with Crippen LogP contribution in [0.2, 0.25) is 5.02 Å². The van der Waals surface area contributed by atoms with Gasteiger partial charge in [-0.25, -0.2) is 9.78 Å². The zero-order valence-electron chi connectivity index (χ0n) is 10.5. The lowest BCUT2D eigenvalue weighted by molar-refractivity contribution is 0.0698. The first-order valence-corrected chi connectivity index (χ1v) is 6.09. The van der Waals surface area contributed by atoms with Crippen molar-refractivity contribution in [1.29, 1.82) is 5.26 Å². The first-order chi connectivity index (χ1) is 10.0. The van der Waals surface area contributed by atoms with Crippen LogP contribution in [0.3, 0.4) is 0 Å². The summed E-state index contributed by atoms with van der Waals surface area (Å²) in [5, 5.41) is 20.4. The van der Waals surface area contributed by atoms with E-state index in [9.17, 15) is 9.59 Å². The van der Waals surface area contributed by atoms with Crippen LogP contribution in [0.5, 0.6) is 0 Å². The molecule has 0 radical (unpaired) electrons. The second-order valence-corrected chi connectivity index (χ2v) is 4.43.